The van der Waals surface area contributed by atoms with Crippen LogP contribution in [-0.2, 0) is 19.4 Å². The Kier molecular flexibility index (Phi) is 4.85. The van der Waals surface area contributed by atoms with Crippen LogP contribution in [0.25, 0.3) is 0 Å². The van der Waals surface area contributed by atoms with E-state index in [0.717, 1.165) is 29.7 Å². The van der Waals surface area contributed by atoms with Crippen molar-refractivity contribution in [2.24, 2.45) is 5.73 Å². The van der Waals surface area contributed by atoms with Crippen LogP contribution >= 0.6 is 0 Å². The predicted molar refractivity (Wildman–Crippen MR) is 79.9 cm³/mol. The zero-order valence-electron chi connectivity index (χ0n) is 12.6. The van der Waals surface area contributed by atoms with E-state index in [9.17, 15) is 4.39 Å². The van der Waals surface area contributed by atoms with E-state index < -0.39 is 0 Å². The molecule has 5 heteroatoms. The molecule has 0 spiro atoms. The summed E-state index contributed by atoms with van der Waals surface area (Å²) >= 11 is 0. The van der Waals surface area contributed by atoms with E-state index in [1.807, 2.05) is 6.92 Å². The molecule has 112 valence electrons. The van der Waals surface area contributed by atoms with Gasteiger partial charge in [0.25, 0.3) is 0 Å². The number of halogens is 1. The lowest BCUT2D eigenvalue weighted by Crippen LogP contribution is -2.10. The summed E-state index contributed by atoms with van der Waals surface area (Å²) in [5.41, 5.74) is 9.47. The Morgan fingerprint density at radius 1 is 1.14 bits per heavy atom. The minimum absolute atomic E-state index is 0.291. The van der Waals surface area contributed by atoms with Gasteiger partial charge in [0.1, 0.15) is 11.6 Å². The standard InChI is InChI=1S/C16H20FN3O/c1-4-12-13(9-18)16(20-19-14(12)5-2)21-15-7-6-11(17)8-10(15)3/h6-8H,4-5,9,18H2,1-3H3. The van der Waals surface area contributed by atoms with E-state index in [1.165, 1.54) is 12.1 Å². The van der Waals surface area contributed by atoms with E-state index in [0.29, 0.717) is 23.7 Å². The van der Waals surface area contributed by atoms with E-state index in [4.69, 9.17) is 10.5 Å². The fraction of sp³-hybridized carbons (Fsp3) is 0.375. The number of hydrogen-bond donors (Lipinski definition) is 1. The number of benzene rings is 1. The summed E-state index contributed by atoms with van der Waals surface area (Å²) in [4.78, 5) is 0. The van der Waals surface area contributed by atoms with Crippen LogP contribution in [0, 0.1) is 12.7 Å². The third-order valence-electron chi connectivity index (χ3n) is 3.47. The fourth-order valence-corrected chi connectivity index (χ4v) is 2.36. The van der Waals surface area contributed by atoms with Crippen molar-refractivity contribution in [1.29, 1.82) is 0 Å². The van der Waals surface area contributed by atoms with Gasteiger partial charge in [0.05, 0.1) is 5.69 Å². The first kappa shape index (κ1) is 15.4. The Bertz CT molecular complexity index is 644. The molecule has 0 aliphatic heterocycles. The largest absolute Gasteiger partial charge is 0.437 e. The first-order chi connectivity index (χ1) is 10.1. The van der Waals surface area contributed by atoms with Crippen molar-refractivity contribution in [1.82, 2.24) is 10.2 Å². The molecule has 1 aromatic carbocycles. The van der Waals surface area contributed by atoms with Crippen LogP contribution in [0.4, 0.5) is 4.39 Å². The number of aryl methyl sites for hydroxylation is 2. The van der Waals surface area contributed by atoms with E-state index in [2.05, 4.69) is 17.1 Å². The van der Waals surface area contributed by atoms with Crippen molar-refractivity contribution in [3.8, 4) is 11.6 Å². The molecule has 1 aromatic heterocycles. The van der Waals surface area contributed by atoms with Crippen molar-refractivity contribution >= 4 is 0 Å². The highest BCUT2D eigenvalue weighted by molar-refractivity contribution is 5.41. The maximum atomic E-state index is 13.1. The smallest absolute Gasteiger partial charge is 0.243 e. The highest BCUT2D eigenvalue weighted by atomic mass is 19.1. The lowest BCUT2D eigenvalue weighted by molar-refractivity contribution is 0.440. The minimum Gasteiger partial charge on any atom is -0.437 e. The highest BCUT2D eigenvalue weighted by Gasteiger charge is 2.15. The molecule has 0 radical (unpaired) electrons. The maximum Gasteiger partial charge on any atom is 0.243 e. The summed E-state index contributed by atoms with van der Waals surface area (Å²) in [5, 5.41) is 8.36. The van der Waals surface area contributed by atoms with Crippen molar-refractivity contribution in [2.45, 2.75) is 40.2 Å². The second kappa shape index (κ2) is 6.63. The Hall–Kier alpha value is -2.01. The van der Waals surface area contributed by atoms with Gasteiger partial charge in [-0.1, -0.05) is 13.8 Å². The molecule has 0 fully saturated rings. The molecule has 0 unspecified atom stereocenters. The molecule has 1 heterocycles. The Balaban J connectivity index is 2.44. The third kappa shape index (κ3) is 3.19. The molecule has 4 nitrogen and oxygen atoms in total. The molecular formula is C16H20FN3O. The van der Waals surface area contributed by atoms with Crippen LogP contribution < -0.4 is 10.5 Å². The maximum absolute atomic E-state index is 13.1. The zero-order valence-corrected chi connectivity index (χ0v) is 12.6. The van der Waals surface area contributed by atoms with Gasteiger partial charge in [0.15, 0.2) is 0 Å². The van der Waals surface area contributed by atoms with Gasteiger partial charge in [0, 0.05) is 12.1 Å². The molecular weight excluding hydrogens is 269 g/mol. The highest BCUT2D eigenvalue weighted by Crippen LogP contribution is 2.29. The van der Waals surface area contributed by atoms with Gasteiger partial charge in [-0.3, -0.25) is 0 Å². The first-order valence-electron chi connectivity index (χ1n) is 7.12. The molecule has 0 amide bonds. The van der Waals surface area contributed by atoms with E-state index in [-0.39, 0.29) is 5.82 Å². The third-order valence-corrected chi connectivity index (χ3v) is 3.47. The van der Waals surface area contributed by atoms with Gasteiger partial charge >= 0.3 is 0 Å². The Morgan fingerprint density at radius 3 is 2.48 bits per heavy atom. The number of aromatic nitrogens is 2. The van der Waals surface area contributed by atoms with Gasteiger partial charge in [-0.15, -0.1) is 5.10 Å². The van der Waals surface area contributed by atoms with Gasteiger partial charge in [-0.25, -0.2) is 4.39 Å². The average Bonchev–Trinajstić information content (AvgIpc) is 2.49. The monoisotopic (exact) mass is 289 g/mol. The molecule has 2 rings (SSSR count). The number of ether oxygens (including phenoxy) is 1. The van der Waals surface area contributed by atoms with Crippen molar-refractivity contribution in [2.75, 3.05) is 0 Å². The number of rotatable bonds is 5. The number of hydrogen-bond acceptors (Lipinski definition) is 4. The second-order valence-corrected chi connectivity index (χ2v) is 4.83. The molecule has 0 bridgehead atoms. The summed E-state index contributed by atoms with van der Waals surface area (Å²) in [6.07, 6.45) is 1.63. The molecule has 0 aliphatic carbocycles. The fourth-order valence-electron chi connectivity index (χ4n) is 2.36. The van der Waals surface area contributed by atoms with Gasteiger partial charge in [0.2, 0.25) is 5.88 Å². The van der Waals surface area contributed by atoms with Crippen LogP contribution in [0.2, 0.25) is 0 Å². The lowest BCUT2D eigenvalue weighted by Gasteiger charge is -2.15. The minimum atomic E-state index is -0.291. The number of nitrogens with zero attached hydrogens (tertiary/aromatic N) is 2. The van der Waals surface area contributed by atoms with Gasteiger partial charge in [-0.05, 0) is 49.1 Å². The molecule has 0 saturated heterocycles. The van der Waals surface area contributed by atoms with Crippen LogP contribution in [0.15, 0.2) is 18.2 Å². The van der Waals surface area contributed by atoms with Crippen LogP contribution in [-0.4, -0.2) is 10.2 Å². The summed E-state index contributed by atoms with van der Waals surface area (Å²) < 4.78 is 19.0. The summed E-state index contributed by atoms with van der Waals surface area (Å²) in [6.45, 7) is 6.22. The van der Waals surface area contributed by atoms with Crippen molar-refractivity contribution < 1.29 is 9.13 Å². The average molecular weight is 289 g/mol. The Labute approximate surface area is 124 Å². The normalized spacial score (nSPS) is 10.7. The zero-order chi connectivity index (χ0) is 15.4. The van der Waals surface area contributed by atoms with Gasteiger partial charge < -0.3 is 10.5 Å². The second-order valence-electron chi connectivity index (χ2n) is 4.83. The Morgan fingerprint density at radius 2 is 1.90 bits per heavy atom. The molecule has 0 aliphatic rings. The van der Waals surface area contributed by atoms with E-state index in [1.54, 1.807) is 13.0 Å². The lowest BCUT2D eigenvalue weighted by atomic mass is 10.0. The van der Waals surface area contributed by atoms with Crippen LogP contribution in [0.5, 0.6) is 11.6 Å². The van der Waals surface area contributed by atoms with Crippen LogP contribution in [0.3, 0.4) is 0 Å². The molecule has 0 saturated carbocycles. The SMILES string of the molecule is CCc1nnc(Oc2ccc(F)cc2C)c(CN)c1CC. The van der Waals surface area contributed by atoms with E-state index >= 15 is 0 Å². The number of nitrogens with two attached hydrogens (primary N) is 1. The van der Waals surface area contributed by atoms with Gasteiger partial charge in [-0.2, -0.15) is 5.10 Å². The van der Waals surface area contributed by atoms with Crippen LogP contribution in [0.1, 0.15) is 36.2 Å². The summed E-state index contributed by atoms with van der Waals surface area (Å²) in [5.74, 6) is 0.675. The summed E-state index contributed by atoms with van der Waals surface area (Å²) in [7, 11) is 0. The van der Waals surface area contributed by atoms with Crippen molar-refractivity contribution in [3.63, 3.8) is 0 Å². The molecule has 21 heavy (non-hydrogen) atoms. The topological polar surface area (TPSA) is 61.0 Å². The quantitative estimate of drug-likeness (QED) is 0.917. The summed E-state index contributed by atoms with van der Waals surface area (Å²) in [6, 6.07) is 4.37. The van der Waals surface area contributed by atoms with Crippen molar-refractivity contribution in [3.05, 3.63) is 46.4 Å². The molecule has 2 N–H and O–H groups in total. The molecule has 2 aromatic rings. The molecule has 0 atom stereocenters. The predicted octanol–water partition coefficient (Wildman–Crippen LogP) is 3.30. The first-order valence-corrected chi connectivity index (χ1v) is 7.12.